The summed E-state index contributed by atoms with van der Waals surface area (Å²) in [5.41, 5.74) is 6.12. The Balaban J connectivity index is 2.42. The van der Waals surface area contributed by atoms with E-state index in [1.165, 1.54) is 16.7 Å². The molecule has 2 heteroatoms. The van der Waals surface area contributed by atoms with E-state index in [2.05, 4.69) is 44.9 Å². The zero-order chi connectivity index (χ0) is 14.0. The van der Waals surface area contributed by atoms with E-state index in [9.17, 15) is 0 Å². The van der Waals surface area contributed by atoms with Gasteiger partial charge in [-0.3, -0.25) is 0 Å². The van der Waals surface area contributed by atoms with Gasteiger partial charge in [0, 0.05) is 19.7 Å². The number of rotatable bonds is 3. The molecule has 0 aromatic heterocycles. The van der Waals surface area contributed by atoms with Crippen LogP contribution in [0.5, 0.6) is 0 Å². The molecule has 0 saturated heterocycles. The molecule has 1 aliphatic heterocycles. The molecule has 106 valence electrons. The van der Waals surface area contributed by atoms with Crippen molar-refractivity contribution in [2.45, 2.75) is 52.0 Å². The summed E-state index contributed by atoms with van der Waals surface area (Å²) in [6.45, 7) is 9.32. The minimum Gasteiger partial charge on any atom is -0.396 e. The van der Waals surface area contributed by atoms with Gasteiger partial charge in [-0.2, -0.15) is 0 Å². The number of aliphatic hydroxyl groups excluding tert-OH is 1. The number of likely N-dealkylation sites (N-methyl/N-ethyl adjacent to an activating group) is 1. The monoisotopic (exact) mass is 261 g/mol. The number of hydrogen-bond acceptors (Lipinski definition) is 2. The lowest BCUT2D eigenvalue weighted by atomic mass is 9.81. The summed E-state index contributed by atoms with van der Waals surface area (Å²) in [5.74, 6) is 0. The minimum atomic E-state index is 0.193. The number of benzene rings is 1. The van der Waals surface area contributed by atoms with Gasteiger partial charge < -0.3 is 10.0 Å². The molecule has 1 N–H and O–H groups in total. The van der Waals surface area contributed by atoms with E-state index < -0.39 is 0 Å². The van der Waals surface area contributed by atoms with Crippen LogP contribution in [0.4, 0.5) is 0 Å². The summed E-state index contributed by atoms with van der Waals surface area (Å²) in [6.07, 6.45) is 3.03. The van der Waals surface area contributed by atoms with Gasteiger partial charge in [-0.25, -0.2) is 0 Å². The second-order valence-electron chi connectivity index (χ2n) is 6.84. The first-order valence-corrected chi connectivity index (χ1v) is 7.36. The van der Waals surface area contributed by atoms with Crippen molar-refractivity contribution in [3.63, 3.8) is 0 Å². The molecule has 0 radical (unpaired) electrons. The van der Waals surface area contributed by atoms with Crippen LogP contribution in [0, 0.1) is 0 Å². The Morgan fingerprint density at radius 2 is 2.00 bits per heavy atom. The molecule has 0 amide bonds. The normalized spacial score (nSPS) is 16.5. The molecule has 19 heavy (non-hydrogen) atoms. The zero-order valence-corrected chi connectivity index (χ0v) is 12.8. The molecule has 2 nitrogen and oxygen atoms in total. The SMILES string of the molecule is CN1CCc2c(CCCO)cc(C(C)(C)C)cc2C1. The van der Waals surface area contributed by atoms with Gasteiger partial charge in [0.05, 0.1) is 0 Å². The van der Waals surface area contributed by atoms with Gasteiger partial charge in [0.1, 0.15) is 0 Å². The van der Waals surface area contributed by atoms with Gasteiger partial charge in [0.15, 0.2) is 0 Å². The smallest absolute Gasteiger partial charge is 0.0434 e. The van der Waals surface area contributed by atoms with Crippen molar-refractivity contribution in [2.24, 2.45) is 0 Å². The van der Waals surface area contributed by atoms with E-state index in [1.807, 2.05) is 0 Å². The van der Waals surface area contributed by atoms with Crippen molar-refractivity contribution in [3.8, 4) is 0 Å². The van der Waals surface area contributed by atoms with Crippen molar-refractivity contribution in [2.75, 3.05) is 20.2 Å². The summed E-state index contributed by atoms with van der Waals surface area (Å²) < 4.78 is 0. The van der Waals surface area contributed by atoms with E-state index in [1.54, 1.807) is 5.56 Å². The van der Waals surface area contributed by atoms with E-state index in [0.717, 1.165) is 32.4 Å². The van der Waals surface area contributed by atoms with Crippen LogP contribution < -0.4 is 0 Å². The predicted octanol–water partition coefficient (Wildman–Crippen LogP) is 2.90. The molecule has 0 atom stereocenters. The molecule has 0 spiro atoms. The lowest BCUT2D eigenvalue weighted by Crippen LogP contribution is -2.28. The van der Waals surface area contributed by atoms with Crippen molar-refractivity contribution < 1.29 is 5.11 Å². The zero-order valence-electron chi connectivity index (χ0n) is 12.8. The molecule has 0 fully saturated rings. The third-order valence-corrected chi connectivity index (χ3v) is 4.09. The molecular formula is C17H27NO. The molecule has 2 rings (SSSR count). The molecule has 0 unspecified atom stereocenters. The van der Waals surface area contributed by atoms with Crippen molar-refractivity contribution in [3.05, 3.63) is 34.4 Å². The van der Waals surface area contributed by atoms with E-state index in [4.69, 9.17) is 5.11 Å². The average Bonchev–Trinajstić information content (AvgIpc) is 2.33. The number of aryl methyl sites for hydroxylation is 1. The summed E-state index contributed by atoms with van der Waals surface area (Å²) >= 11 is 0. The van der Waals surface area contributed by atoms with E-state index >= 15 is 0 Å². The quantitative estimate of drug-likeness (QED) is 0.904. The molecule has 1 heterocycles. The lowest BCUT2D eigenvalue weighted by molar-refractivity contribution is 0.287. The molecule has 1 aromatic carbocycles. The second-order valence-corrected chi connectivity index (χ2v) is 6.84. The van der Waals surface area contributed by atoms with Crippen LogP contribution >= 0.6 is 0 Å². The maximum Gasteiger partial charge on any atom is 0.0434 e. The Labute approximate surface area is 117 Å². The Kier molecular flexibility index (Phi) is 4.32. The fourth-order valence-electron chi connectivity index (χ4n) is 2.86. The van der Waals surface area contributed by atoms with Crippen molar-refractivity contribution in [1.29, 1.82) is 0 Å². The molecule has 0 saturated carbocycles. The highest BCUT2D eigenvalue weighted by Crippen LogP contribution is 2.30. The van der Waals surface area contributed by atoms with Gasteiger partial charge in [0.2, 0.25) is 0 Å². The van der Waals surface area contributed by atoms with Crippen LogP contribution in [0.15, 0.2) is 12.1 Å². The Morgan fingerprint density at radius 1 is 1.26 bits per heavy atom. The van der Waals surface area contributed by atoms with Gasteiger partial charge in [-0.1, -0.05) is 32.9 Å². The van der Waals surface area contributed by atoms with Crippen molar-refractivity contribution in [1.82, 2.24) is 4.90 Å². The lowest BCUT2D eigenvalue weighted by Gasteiger charge is -2.30. The van der Waals surface area contributed by atoms with E-state index in [-0.39, 0.29) is 12.0 Å². The highest BCUT2D eigenvalue weighted by Gasteiger charge is 2.21. The molecule has 0 bridgehead atoms. The van der Waals surface area contributed by atoms with Crippen LogP contribution in [0.3, 0.4) is 0 Å². The first-order chi connectivity index (χ1) is 8.91. The molecule has 0 aliphatic carbocycles. The van der Waals surface area contributed by atoms with Crippen molar-refractivity contribution >= 4 is 0 Å². The van der Waals surface area contributed by atoms with E-state index in [0.29, 0.717) is 0 Å². The van der Waals surface area contributed by atoms with Crippen LogP contribution in [0.2, 0.25) is 0 Å². The first kappa shape index (κ1) is 14.5. The summed E-state index contributed by atoms with van der Waals surface area (Å²) in [7, 11) is 2.19. The number of nitrogens with zero attached hydrogens (tertiary/aromatic N) is 1. The highest BCUT2D eigenvalue weighted by atomic mass is 16.2. The Morgan fingerprint density at radius 3 is 2.63 bits per heavy atom. The van der Waals surface area contributed by atoms with Gasteiger partial charge in [-0.05, 0) is 54.0 Å². The fraction of sp³-hybridized carbons (Fsp3) is 0.647. The van der Waals surface area contributed by atoms with Gasteiger partial charge in [-0.15, -0.1) is 0 Å². The average molecular weight is 261 g/mol. The van der Waals surface area contributed by atoms with Gasteiger partial charge in [0.25, 0.3) is 0 Å². The largest absolute Gasteiger partial charge is 0.396 e. The Hall–Kier alpha value is -0.860. The first-order valence-electron chi connectivity index (χ1n) is 7.36. The molecule has 1 aliphatic rings. The Bertz CT molecular complexity index is 445. The maximum absolute atomic E-state index is 9.09. The predicted molar refractivity (Wildman–Crippen MR) is 80.6 cm³/mol. The third kappa shape index (κ3) is 3.37. The fourth-order valence-corrected chi connectivity index (χ4v) is 2.86. The summed E-state index contributed by atoms with van der Waals surface area (Å²) in [5, 5.41) is 9.09. The number of fused-ring (bicyclic) bond motifs is 1. The van der Waals surface area contributed by atoms with Crippen LogP contribution in [-0.2, 0) is 24.8 Å². The number of aliphatic hydroxyl groups is 1. The molecule has 1 aromatic rings. The second kappa shape index (κ2) is 5.64. The molecular weight excluding hydrogens is 234 g/mol. The van der Waals surface area contributed by atoms with Crippen LogP contribution in [0.25, 0.3) is 0 Å². The minimum absolute atomic E-state index is 0.193. The van der Waals surface area contributed by atoms with Crippen LogP contribution in [-0.4, -0.2) is 30.2 Å². The third-order valence-electron chi connectivity index (χ3n) is 4.09. The standard InChI is InChI=1S/C17H27NO/c1-17(2,3)15-10-13(6-5-9-19)16-7-8-18(4)12-14(16)11-15/h10-11,19H,5-9,12H2,1-4H3. The number of hydrogen-bond donors (Lipinski definition) is 1. The summed E-state index contributed by atoms with van der Waals surface area (Å²) in [6, 6.07) is 4.77. The van der Waals surface area contributed by atoms with Gasteiger partial charge >= 0.3 is 0 Å². The highest BCUT2D eigenvalue weighted by molar-refractivity contribution is 5.43. The van der Waals surface area contributed by atoms with Crippen LogP contribution in [0.1, 0.15) is 49.4 Å². The maximum atomic E-state index is 9.09. The topological polar surface area (TPSA) is 23.5 Å². The summed E-state index contributed by atoms with van der Waals surface area (Å²) in [4.78, 5) is 2.39.